The number of hydrogen-bond acceptors (Lipinski definition) is 6. The zero-order chi connectivity index (χ0) is 19.5. The third kappa shape index (κ3) is 3.50. The van der Waals surface area contributed by atoms with Gasteiger partial charge < -0.3 is 10.1 Å². The summed E-state index contributed by atoms with van der Waals surface area (Å²) in [6.07, 6.45) is 5.85. The van der Waals surface area contributed by atoms with E-state index in [0.29, 0.717) is 30.1 Å². The van der Waals surface area contributed by atoms with E-state index in [4.69, 9.17) is 10.00 Å². The van der Waals surface area contributed by atoms with Gasteiger partial charge in [-0.05, 0) is 48.7 Å². The zero-order valence-electron chi connectivity index (χ0n) is 15.5. The number of hydrogen-bond donors (Lipinski definition) is 1. The van der Waals surface area contributed by atoms with Crippen LogP contribution in [0.2, 0.25) is 0 Å². The summed E-state index contributed by atoms with van der Waals surface area (Å²) in [5, 5.41) is 16.4. The molecule has 0 atom stereocenters. The van der Waals surface area contributed by atoms with Crippen LogP contribution in [-0.2, 0) is 24.3 Å². The number of nitrogens with zero attached hydrogens (tertiary/aromatic N) is 4. The van der Waals surface area contributed by atoms with Crippen LogP contribution in [0.5, 0.6) is 0 Å². The normalized spacial score (nSPS) is 12.5. The predicted molar refractivity (Wildman–Crippen MR) is 102 cm³/mol. The lowest BCUT2D eigenvalue weighted by Crippen LogP contribution is -2.17. The summed E-state index contributed by atoms with van der Waals surface area (Å²) in [5.74, 6) is 0.452. The molecule has 0 amide bonds. The molecule has 0 saturated carbocycles. The van der Waals surface area contributed by atoms with Gasteiger partial charge in [-0.1, -0.05) is 12.1 Å². The van der Waals surface area contributed by atoms with E-state index in [1.54, 1.807) is 17.1 Å². The van der Waals surface area contributed by atoms with Crippen LogP contribution in [0.25, 0.3) is 5.82 Å². The molecule has 2 aromatic heterocycles. The second-order valence-corrected chi connectivity index (χ2v) is 6.69. The van der Waals surface area contributed by atoms with Gasteiger partial charge >= 0.3 is 5.97 Å². The molecular formula is C21H19N5O2. The molecule has 0 bridgehead atoms. The molecule has 28 heavy (non-hydrogen) atoms. The van der Waals surface area contributed by atoms with Gasteiger partial charge in [0, 0.05) is 18.3 Å². The highest BCUT2D eigenvalue weighted by molar-refractivity contribution is 5.93. The van der Waals surface area contributed by atoms with Crippen LogP contribution in [0.3, 0.4) is 0 Å². The second-order valence-electron chi connectivity index (χ2n) is 6.69. The highest BCUT2D eigenvalue weighted by Crippen LogP contribution is 2.26. The second kappa shape index (κ2) is 7.62. The molecule has 1 aromatic carbocycles. The monoisotopic (exact) mass is 373 g/mol. The van der Waals surface area contributed by atoms with Crippen LogP contribution in [0.4, 0.5) is 0 Å². The van der Waals surface area contributed by atoms with Crippen LogP contribution >= 0.6 is 0 Å². The minimum Gasteiger partial charge on any atom is -0.457 e. The number of fused-ring (bicyclic) bond motifs is 1. The topological polar surface area (TPSA) is 92.8 Å². The van der Waals surface area contributed by atoms with Gasteiger partial charge in [0.2, 0.25) is 0 Å². The summed E-state index contributed by atoms with van der Waals surface area (Å²) in [6.45, 7) is 3.96. The minimum atomic E-state index is -0.224. The van der Waals surface area contributed by atoms with E-state index in [1.165, 1.54) is 11.8 Å². The van der Waals surface area contributed by atoms with Crippen LogP contribution in [-0.4, -0.2) is 27.3 Å². The first-order valence-electron chi connectivity index (χ1n) is 9.05. The fourth-order valence-corrected chi connectivity index (χ4v) is 3.29. The lowest BCUT2D eigenvalue weighted by atomic mass is 9.97. The highest BCUT2D eigenvalue weighted by atomic mass is 16.5. The number of ether oxygens (including phenoxy) is 1. The molecule has 0 spiro atoms. The van der Waals surface area contributed by atoms with E-state index in [2.05, 4.69) is 21.5 Å². The number of aromatic nitrogens is 3. The van der Waals surface area contributed by atoms with Gasteiger partial charge in [0.1, 0.15) is 12.7 Å². The Morgan fingerprint density at radius 1 is 1.29 bits per heavy atom. The van der Waals surface area contributed by atoms with Gasteiger partial charge in [-0.15, -0.1) is 0 Å². The molecule has 4 rings (SSSR count). The molecule has 3 heterocycles. The first-order valence-corrected chi connectivity index (χ1v) is 9.05. The summed E-state index contributed by atoms with van der Waals surface area (Å²) in [7, 11) is 0. The fraction of sp³-hybridized carbons (Fsp3) is 0.238. The third-order valence-corrected chi connectivity index (χ3v) is 4.93. The fourth-order valence-electron chi connectivity index (χ4n) is 3.29. The van der Waals surface area contributed by atoms with Gasteiger partial charge in [0.25, 0.3) is 0 Å². The highest BCUT2D eigenvalue weighted by Gasteiger charge is 2.23. The van der Waals surface area contributed by atoms with Crippen molar-refractivity contribution < 1.29 is 9.53 Å². The minimum absolute atomic E-state index is 0.224. The number of nitriles is 1. The zero-order valence-corrected chi connectivity index (χ0v) is 15.5. The summed E-state index contributed by atoms with van der Waals surface area (Å²) in [6, 6.07) is 9.80. The maximum atomic E-state index is 11.6. The van der Waals surface area contributed by atoms with Crippen LogP contribution in [0, 0.1) is 18.3 Å². The van der Waals surface area contributed by atoms with Crippen molar-refractivity contribution >= 4 is 5.97 Å². The molecule has 3 aromatic rings. The van der Waals surface area contributed by atoms with Gasteiger partial charge in [-0.25, -0.2) is 14.5 Å². The van der Waals surface area contributed by atoms with Crippen LogP contribution in [0.15, 0.2) is 42.9 Å². The van der Waals surface area contributed by atoms with E-state index in [9.17, 15) is 4.79 Å². The van der Waals surface area contributed by atoms with Crippen molar-refractivity contribution in [2.24, 2.45) is 0 Å². The average Bonchev–Trinajstić information content (AvgIpc) is 3.35. The smallest absolute Gasteiger partial charge is 0.338 e. The lowest BCUT2D eigenvalue weighted by Gasteiger charge is -2.10. The van der Waals surface area contributed by atoms with Crippen molar-refractivity contribution in [1.82, 2.24) is 20.1 Å². The van der Waals surface area contributed by atoms with Crippen LogP contribution in [0.1, 0.15) is 38.2 Å². The maximum absolute atomic E-state index is 11.6. The van der Waals surface area contributed by atoms with E-state index < -0.39 is 0 Å². The molecule has 0 unspecified atom stereocenters. The Labute approximate surface area is 162 Å². The number of nitrogens with one attached hydrogen (secondary N) is 1. The molecular weight excluding hydrogens is 354 g/mol. The molecule has 1 N–H and O–H groups in total. The number of benzene rings is 1. The van der Waals surface area contributed by atoms with Gasteiger partial charge in [0.15, 0.2) is 5.82 Å². The van der Waals surface area contributed by atoms with Gasteiger partial charge in [-0.3, -0.25) is 0 Å². The number of carbonyl (C=O) groups excluding carboxylic acids is 1. The lowest BCUT2D eigenvalue weighted by molar-refractivity contribution is 0.0535. The molecule has 0 fully saturated rings. The van der Waals surface area contributed by atoms with E-state index in [1.807, 2.05) is 31.2 Å². The quantitative estimate of drug-likeness (QED) is 0.527. The Morgan fingerprint density at radius 3 is 2.93 bits per heavy atom. The molecule has 7 heteroatoms. The maximum Gasteiger partial charge on any atom is 0.338 e. The van der Waals surface area contributed by atoms with E-state index in [0.717, 1.165) is 29.7 Å². The van der Waals surface area contributed by atoms with E-state index in [-0.39, 0.29) is 5.97 Å². The first kappa shape index (κ1) is 17.9. The number of esters is 1. The Morgan fingerprint density at radius 2 is 2.18 bits per heavy atom. The molecule has 1 aliphatic rings. The number of carbonyl (C=O) groups is 1. The van der Waals surface area contributed by atoms with Crippen LogP contribution < -0.4 is 5.32 Å². The van der Waals surface area contributed by atoms with Crippen molar-refractivity contribution in [3.63, 3.8) is 0 Å². The van der Waals surface area contributed by atoms with Gasteiger partial charge in [0.05, 0.1) is 23.5 Å². The molecule has 7 nitrogen and oxygen atoms in total. The van der Waals surface area contributed by atoms with Gasteiger partial charge in [-0.2, -0.15) is 10.4 Å². The molecule has 0 radical (unpaired) electrons. The number of pyridine rings is 1. The summed E-state index contributed by atoms with van der Waals surface area (Å²) in [4.78, 5) is 16.0. The van der Waals surface area contributed by atoms with Crippen molar-refractivity contribution in [2.45, 2.75) is 26.5 Å². The molecule has 0 aliphatic carbocycles. The van der Waals surface area contributed by atoms with Crippen molar-refractivity contribution in [1.29, 1.82) is 5.26 Å². The average molecular weight is 373 g/mol. The predicted octanol–water partition coefficient (Wildman–Crippen LogP) is 2.45. The summed E-state index contributed by atoms with van der Waals surface area (Å²) < 4.78 is 6.69. The SMILES string of the molecule is Cc1c(CCNCc2ccc(-n3cc(C#N)cn3)nc2)ccc2c1COC2=O. The number of cyclic esters (lactones) is 1. The largest absolute Gasteiger partial charge is 0.457 e. The van der Waals surface area contributed by atoms with Crippen molar-refractivity contribution in [3.8, 4) is 11.9 Å². The third-order valence-electron chi connectivity index (χ3n) is 4.93. The molecule has 1 aliphatic heterocycles. The first-order chi connectivity index (χ1) is 13.7. The summed E-state index contributed by atoms with van der Waals surface area (Å²) >= 11 is 0. The Hall–Kier alpha value is -3.50. The van der Waals surface area contributed by atoms with E-state index >= 15 is 0 Å². The van der Waals surface area contributed by atoms with Crippen molar-refractivity contribution in [2.75, 3.05) is 6.54 Å². The molecule has 0 saturated heterocycles. The Kier molecular flexibility index (Phi) is 4.87. The van der Waals surface area contributed by atoms with Crippen molar-refractivity contribution in [3.05, 3.63) is 76.2 Å². The standard InChI is InChI=1S/C21H19N5O2/c1-14-17(3-4-18-19(14)13-28-21(18)27)6-7-23-9-15-2-5-20(24-10-15)26-12-16(8-22)11-25-26/h2-5,10-12,23H,6-7,9,13H2,1H3. The summed E-state index contributed by atoms with van der Waals surface area (Å²) in [5.41, 5.74) is 5.66. The Bertz CT molecular complexity index is 1060. The Balaban J connectivity index is 1.31. The number of rotatable bonds is 6. The molecule has 140 valence electrons.